The van der Waals surface area contributed by atoms with Crippen LogP contribution in [0.3, 0.4) is 0 Å². The molecule has 1 saturated heterocycles. The zero-order valence-corrected chi connectivity index (χ0v) is 14.6. The van der Waals surface area contributed by atoms with Gasteiger partial charge in [-0.15, -0.1) is 0 Å². The van der Waals surface area contributed by atoms with Gasteiger partial charge in [-0.05, 0) is 61.2 Å². The summed E-state index contributed by atoms with van der Waals surface area (Å²) in [6.07, 6.45) is 0.594. The summed E-state index contributed by atoms with van der Waals surface area (Å²) >= 11 is 0. The van der Waals surface area contributed by atoms with Crippen molar-refractivity contribution in [3.8, 4) is 6.07 Å². The molecule has 0 radical (unpaired) electrons. The molecule has 1 aliphatic rings. The number of nitriles is 1. The van der Waals surface area contributed by atoms with Crippen LogP contribution in [-0.2, 0) is 9.59 Å². The maximum Gasteiger partial charge on any atom is 0.242 e. The largest absolute Gasteiger partial charge is 0.274 e. The summed E-state index contributed by atoms with van der Waals surface area (Å²) in [7, 11) is 0. The summed E-state index contributed by atoms with van der Waals surface area (Å²) in [5.41, 5.74) is 4.01. The molecule has 0 spiro atoms. The van der Waals surface area contributed by atoms with Crippen LogP contribution in [0.5, 0.6) is 0 Å². The van der Waals surface area contributed by atoms with Crippen LogP contribution in [0.15, 0.2) is 42.5 Å². The smallest absolute Gasteiger partial charge is 0.242 e. The molecule has 1 aliphatic heterocycles. The number of carbonyl (C=O) groups excluding carboxylic acids is 2. The number of rotatable bonds is 3. The van der Waals surface area contributed by atoms with Crippen molar-refractivity contribution in [3.63, 3.8) is 0 Å². The fraction of sp³-hybridized carbons (Fsp3) is 0.286. The van der Waals surface area contributed by atoms with Crippen LogP contribution in [0.4, 0.5) is 5.69 Å². The lowest BCUT2D eigenvalue weighted by atomic mass is 9.86. The van der Waals surface area contributed by atoms with Gasteiger partial charge >= 0.3 is 0 Å². The van der Waals surface area contributed by atoms with Gasteiger partial charge in [-0.25, -0.2) is 4.90 Å². The first-order valence-electron chi connectivity index (χ1n) is 8.42. The Morgan fingerprint density at radius 3 is 2.12 bits per heavy atom. The molecule has 1 fully saturated rings. The molecule has 3 rings (SSSR count). The van der Waals surface area contributed by atoms with Crippen LogP contribution in [0.1, 0.15) is 41.5 Å². The van der Waals surface area contributed by atoms with Crippen molar-refractivity contribution < 1.29 is 9.59 Å². The molecule has 0 aliphatic carbocycles. The summed E-state index contributed by atoms with van der Waals surface area (Å²) < 4.78 is 0. The molecule has 126 valence electrons. The predicted octanol–water partition coefficient (Wildman–Crippen LogP) is 3.86. The van der Waals surface area contributed by atoms with E-state index in [1.807, 2.05) is 39.0 Å². The van der Waals surface area contributed by atoms with Gasteiger partial charge in [-0.2, -0.15) is 5.26 Å². The van der Waals surface area contributed by atoms with Crippen LogP contribution in [0, 0.1) is 31.1 Å². The highest BCUT2D eigenvalue weighted by Crippen LogP contribution is 2.39. The van der Waals surface area contributed by atoms with E-state index < -0.39 is 5.92 Å². The summed E-state index contributed by atoms with van der Waals surface area (Å²) in [6, 6.07) is 14.8. The van der Waals surface area contributed by atoms with Gasteiger partial charge in [-0.1, -0.05) is 25.1 Å². The van der Waals surface area contributed by atoms with Crippen molar-refractivity contribution >= 4 is 17.5 Å². The number of hydrogen-bond donors (Lipinski definition) is 0. The molecule has 1 heterocycles. The van der Waals surface area contributed by atoms with Gasteiger partial charge in [0.2, 0.25) is 11.8 Å². The minimum Gasteiger partial charge on any atom is -0.274 e. The van der Waals surface area contributed by atoms with Gasteiger partial charge in [0.1, 0.15) is 0 Å². The lowest BCUT2D eigenvalue weighted by Crippen LogP contribution is -2.30. The quantitative estimate of drug-likeness (QED) is 0.802. The van der Waals surface area contributed by atoms with E-state index in [4.69, 9.17) is 5.26 Å². The minimum absolute atomic E-state index is 0.146. The maximum absolute atomic E-state index is 13.1. The Morgan fingerprint density at radius 1 is 1.00 bits per heavy atom. The SMILES string of the molecule is CCC1C(=O)N(c2cc(C)cc(C)c2)C(=O)[C@H]1c1ccc(C#N)cc1. The molecular weight excluding hydrogens is 312 g/mol. The van der Waals surface area contributed by atoms with Crippen molar-refractivity contribution in [2.24, 2.45) is 5.92 Å². The average molecular weight is 332 g/mol. The third kappa shape index (κ3) is 2.94. The standard InChI is InChI=1S/C21H20N2O2/c1-4-18-19(16-7-5-15(12-22)6-8-16)21(25)23(20(18)24)17-10-13(2)9-14(3)11-17/h5-11,18-19H,4H2,1-3H3/t18?,19-/m0/s1. The Balaban J connectivity index is 2.04. The highest BCUT2D eigenvalue weighted by atomic mass is 16.2. The molecule has 0 N–H and O–H groups in total. The van der Waals surface area contributed by atoms with E-state index in [2.05, 4.69) is 6.07 Å². The van der Waals surface area contributed by atoms with E-state index in [1.165, 1.54) is 4.90 Å². The van der Waals surface area contributed by atoms with E-state index in [0.717, 1.165) is 16.7 Å². The average Bonchev–Trinajstić information content (AvgIpc) is 2.84. The van der Waals surface area contributed by atoms with Gasteiger partial charge in [0.05, 0.1) is 29.2 Å². The van der Waals surface area contributed by atoms with E-state index in [9.17, 15) is 9.59 Å². The Bertz CT molecular complexity index is 858. The van der Waals surface area contributed by atoms with Crippen molar-refractivity contribution in [3.05, 3.63) is 64.7 Å². The second-order valence-electron chi connectivity index (χ2n) is 6.58. The summed E-state index contributed by atoms with van der Waals surface area (Å²) in [6.45, 7) is 5.84. The van der Waals surface area contributed by atoms with Crippen molar-refractivity contribution in [1.82, 2.24) is 0 Å². The van der Waals surface area contributed by atoms with Crippen LogP contribution in [0.2, 0.25) is 0 Å². The monoisotopic (exact) mass is 332 g/mol. The van der Waals surface area contributed by atoms with Gasteiger partial charge in [0, 0.05) is 0 Å². The summed E-state index contributed by atoms with van der Waals surface area (Å²) in [5.74, 6) is -1.20. The molecule has 0 aromatic heterocycles. The number of aryl methyl sites for hydroxylation is 2. The van der Waals surface area contributed by atoms with Crippen molar-refractivity contribution in [1.29, 1.82) is 5.26 Å². The number of nitrogens with zero attached hydrogens (tertiary/aromatic N) is 2. The van der Waals surface area contributed by atoms with Crippen molar-refractivity contribution in [2.45, 2.75) is 33.1 Å². The van der Waals surface area contributed by atoms with E-state index in [-0.39, 0.29) is 17.7 Å². The number of anilines is 1. The van der Waals surface area contributed by atoms with Gasteiger partial charge < -0.3 is 0 Å². The Hall–Kier alpha value is -2.93. The summed E-state index contributed by atoms with van der Waals surface area (Å²) in [4.78, 5) is 27.4. The molecule has 0 bridgehead atoms. The fourth-order valence-corrected chi connectivity index (χ4v) is 3.61. The highest BCUT2D eigenvalue weighted by molar-refractivity contribution is 6.23. The van der Waals surface area contributed by atoms with Crippen molar-refractivity contribution in [2.75, 3.05) is 4.90 Å². The molecule has 1 unspecified atom stereocenters. The topological polar surface area (TPSA) is 61.2 Å². The first-order chi connectivity index (χ1) is 12.0. The zero-order valence-electron chi connectivity index (χ0n) is 14.6. The highest BCUT2D eigenvalue weighted by Gasteiger charge is 2.47. The molecule has 4 nitrogen and oxygen atoms in total. The van der Waals surface area contributed by atoms with E-state index >= 15 is 0 Å². The van der Waals surface area contributed by atoms with Crippen LogP contribution in [0.25, 0.3) is 0 Å². The fourth-order valence-electron chi connectivity index (χ4n) is 3.61. The molecule has 2 aromatic rings. The molecule has 0 saturated carbocycles. The van der Waals surface area contributed by atoms with E-state index in [0.29, 0.717) is 17.7 Å². The van der Waals surface area contributed by atoms with Crippen LogP contribution < -0.4 is 4.90 Å². The van der Waals surface area contributed by atoms with Gasteiger partial charge in [0.15, 0.2) is 0 Å². The second-order valence-corrected chi connectivity index (χ2v) is 6.58. The van der Waals surface area contributed by atoms with Crippen LogP contribution >= 0.6 is 0 Å². The summed E-state index contributed by atoms with van der Waals surface area (Å²) in [5, 5.41) is 8.95. The van der Waals surface area contributed by atoms with Gasteiger partial charge in [0.25, 0.3) is 0 Å². The normalized spacial score (nSPS) is 20.0. The molecule has 25 heavy (non-hydrogen) atoms. The minimum atomic E-state index is -0.494. The Morgan fingerprint density at radius 2 is 1.60 bits per heavy atom. The van der Waals surface area contributed by atoms with Gasteiger partial charge in [-0.3, -0.25) is 9.59 Å². The number of benzene rings is 2. The molecule has 2 amide bonds. The second kappa shape index (κ2) is 6.52. The number of carbonyl (C=O) groups is 2. The lowest BCUT2D eigenvalue weighted by molar-refractivity contribution is -0.122. The third-order valence-corrected chi connectivity index (χ3v) is 4.73. The Kier molecular flexibility index (Phi) is 4.41. The molecule has 4 heteroatoms. The lowest BCUT2D eigenvalue weighted by Gasteiger charge is -2.16. The third-order valence-electron chi connectivity index (χ3n) is 4.73. The first kappa shape index (κ1) is 16.9. The Labute approximate surface area is 147 Å². The molecular formula is C21H20N2O2. The molecule has 2 aromatic carbocycles. The van der Waals surface area contributed by atoms with E-state index in [1.54, 1.807) is 24.3 Å². The first-order valence-corrected chi connectivity index (χ1v) is 8.42. The van der Waals surface area contributed by atoms with Crippen LogP contribution in [-0.4, -0.2) is 11.8 Å². The predicted molar refractivity (Wildman–Crippen MR) is 96.1 cm³/mol. The maximum atomic E-state index is 13.1. The number of imide groups is 1. The molecule has 2 atom stereocenters. The number of amides is 2. The zero-order chi connectivity index (χ0) is 18.1. The number of hydrogen-bond acceptors (Lipinski definition) is 3.